The number of halogens is 2. The molecule has 0 aliphatic heterocycles. The van der Waals surface area contributed by atoms with Crippen molar-refractivity contribution in [2.24, 2.45) is 0 Å². The molecule has 0 aliphatic rings. The number of ether oxygens (including phenoxy) is 1. The van der Waals surface area contributed by atoms with E-state index in [1.54, 1.807) is 19.1 Å². The van der Waals surface area contributed by atoms with Gasteiger partial charge in [0.2, 0.25) is 0 Å². The molecule has 0 fully saturated rings. The number of benzene rings is 2. The number of nitriles is 1. The molecule has 2 N–H and O–H groups in total. The third kappa shape index (κ3) is 2.41. The normalized spacial score (nSPS) is 10.2. The van der Waals surface area contributed by atoms with Crippen molar-refractivity contribution in [3.05, 3.63) is 52.6 Å². The molecule has 2 aromatic carbocycles. The molecule has 0 spiro atoms. The van der Waals surface area contributed by atoms with E-state index >= 15 is 0 Å². The van der Waals surface area contributed by atoms with E-state index in [1.807, 2.05) is 6.07 Å². The van der Waals surface area contributed by atoms with Crippen LogP contribution in [0.1, 0.15) is 16.7 Å². The fourth-order valence-corrected chi connectivity index (χ4v) is 1.71. The van der Waals surface area contributed by atoms with Crippen LogP contribution < -0.4 is 10.5 Å². The van der Waals surface area contributed by atoms with Crippen molar-refractivity contribution >= 4 is 5.69 Å². The minimum absolute atomic E-state index is 0.0222. The number of rotatable bonds is 2. The van der Waals surface area contributed by atoms with Crippen LogP contribution >= 0.6 is 0 Å². The van der Waals surface area contributed by atoms with Crippen molar-refractivity contribution in [1.29, 1.82) is 5.26 Å². The lowest BCUT2D eigenvalue weighted by atomic mass is 10.1. The molecule has 0 aliphatic carbocycles. The maximum absolute atomic E-state index is 14.0. The molecule has 0 radical (unpaired) electrons. The summed E-state index contributed by atoms with van der Waals surface area (Å²) in [5.41, 5.74) is 6.76. The Morgan fingerprint density at radius 2 is 1.90 bits per heavy atom. The summed E-state index contributed by atoms with van der Waals surface area (Å²) >= 11 is 0. The molecule has 5 heteroatoms. The second-order valence-corrected chi connectivity index (χ2v) is 4.41. The molecule has 0 heterocycles. The van der Waals surface area contributed by atoms with Crippen LogP contribution in [0.3, 0.4) is 0 Å². The number of anilines is 1. The van der Waals surface area contributed by atoms with Gasteiger partial charge in [-0.3, -0.25) is 0 Å². The zero-order chi connectivity index (χ0) is 14.9. The Labute approximate surface area is 115 Å². The SMILES string of the molecule is Cc1ccc(Oc2c(F)cc(N)c(C)c2F)cc1C#N. The van der Waals surface area contributed by atoms with Gasteiger partial charge in [-0.05, 0) is 31.5 Å². The van der Waals surface area contributed by atoms with Gasteiger partial charge in [-0.1, -0.05) is 6.07 Å². The summed E-state index contributed by atoms with van der Waals surface area (Å²) in [5, 5.41) is 8.93. The highest BCUT2D eigenvalue weighted by Crippen LogP contribution is 2.32. The highest BCUT2D eigenvalue weighted by molar-refractivity contribution is 5.53. The summed E-state index contributed by atoms with van der Waals surface area (Å²) in [6.45, 7) is 3.20. The summed E-state index contributed by atoms with van der Waals surface area (Å²) in [7, 11) is 0. The predicted octanol–water partition coefficient (Wildman–Crippen LogP) is 3.83. The summed E-state index contributed by atoms with van der Waals surface area (Å²) in [6.07, 6.45) is 0. The minimum atomic E-state index is -0.885. The van der Waals surface area contributed by atoms with Gasteiger partial charge < -0.3 is 10.5 Å². The van der Waals surface area contributed by atoms with Crippen LogP contribution in [0.15, 0.2) is 24.3 Å². The van der Waals surface area contributed by atoms with Crippen molar-refractivity contribution in [1.82, 2.24) is 0 Å². The zero-order valence-electron chi connectivity index (χ0n) is 11.0. The van der Waals surface area contributed by atoms with Gasteiger partial charge in [-0.2, -0.15) is 5.26 Å². The number of nitrogen functional groups attached to an aromatic ring is 1. The molecule has 0 bridgehead atoms. The molecule has 102 valence electrons. The lowest BCUT2D eigenvalue weighted by molar-refractivity contribution is 0.406. The van der Waals surface area contributed by atoms with Crippen LogP contribution in [0.4, 0.5) is 14.5 Å². The van der Waals surface area contributed by atoms with Crippen LogP contribution in [-0.2, 0) is 0 Å². The van der Waals surface area contributed by atoms with Gasteiger partial charge in [0.15, 0.2) is 17.4 Å². The van der Waals surface area contributed by atoms with Crippen molar-refractivity contribution in [3.63, 3.8) is 0 Å². The molecular formula is C15H12F2N2O. The third-order valence-electron chi connectivity index (χ3n) is 3.01. The van der Waals surface area contributed by atoms with E-state index in [1.165, 1.54) is 13.0 Å². The standard InChI is InChI=1S/C15H12F2N2O/c1-8-3-4-11(5-10(8)7-18)20-15-12(16)6-13(19)9(2)14(15)17/h3-6H,19H2,1-2H3. The first kappa shape index (κ1) is 13.8. The number of hydrogen-bond acceptors (Lipinski definition) is 3. The molecular weight excluding hydrogens is 262 g/mol. The first-order chi connectivity index (χ1) is 9.43. The number of nitrogens with two attached hydrogens (primary N) is 1. The molecule has 3 nitrogen and oxygen atoms in total. The second-order valence-electron chi connectivity index (χ2n) is 4.41. The number of aryl methyl sites for hydroxylation is 1. The highest BCUT2D eigenvalue weighted by Gasteiger charge is 2.17. The molecule has 2 aromatic rings. The second kappa shape index (κ2) is 5.17. The van der Waals surface area contributed by atoms with Crippen molar-refractivity contribution in [2.45, 2.75) is 13.8 Å². The lowest BCUT2D eigenvalue weighted by Crippen LogP contribution is -2.00. The Morgan fingerprint density at radius 3 is 2.55 bits per heavy atom. The van der Waals surface area contributed by atoms with E-state index < -0.39 is 17.4 Å². The van der Waals surface area contributed by atoms with Crippen LogP contribution in [0.5, 0.6) is 11.5 Å². The Hall–Kier alpha value is -2.61. The maximum Gasteiger partial charge on any atom is 0.199 e. The molecule has 0 atom stereocenters. The fraction of sp³-hybridized carbons (Fsp3) is 0.133. The fourth-order valence-electron chi connectivity index (χ4n) is 1.71. The van der Waals surface area contributed by atoms with E-state index in [2.05, 4.69) is 0 Å². The van der Waals surface area contributed by atoms with Crippen molar-refractivity contribution in [2.75, 3.05) is 5.73 Å². The van der Waals surface area contributed by atoms with Crippen molar-refractivity contribution < 1.29 is 13.5 Å². The van der Waals surface area contributed by atoms with Crippen molar-refractivity contribution in [3.8, 4) is 17.6 Å². The average molecular weight is 274 g/mol. The predicted molar refractivity (Wildman–Crippen MR) is 71.5 cm³/mol. The Balaban J connectivity index is 2.46. The van der Waals surface area contributed by atoms with E-state index in [-0.39, 0.29) is 17.0 Å². The van der Waals surface area contributed by atoms with Gasteiger partial charge in [-0.25, -0.2) is 8.78 Å². The van der Waals surface area contributed by atoms with Gasteiger partial charge in [-0.15, -0.1) is 0 Å². The minimum Gasteiger partial charge on any atom is -0.451 e. The lowest BCUT2D eigenvalue weighted by Gasteiger charge is -2.11. The topological polar surface area (TPSA) is 59.0 Å². The van der Waals surface area contributed by atoms with Crippen LogP contribution in [-0.4, -0.2) is 0 Å². The van der Waals surface area contributed by atoms with Gasteiger partial charge in [0.25, 0.3) is 0 Å². The number of hydrogen-bond donors (Lipinski definition) is 1. The van der Waals surface area contributed by atoms with Gasteiger partial charge in [0, 0.05) is 17.3 Å². The largest absolute Gasteiger partial charge is 0.451 e. The Morgan fingerprint density at radius 1 is 1.20 bits per heavy atom. The maximum atomic E-state index is 14.0. The first-order valence-corrected chi connectivity index (χ1v) is 5.86. The molecule has 2 rings (SSSR count). The summed E-state index contributed by atoms with van der Waals surface area (Å²) < 4.78 is 32.9. The van der Waals surface area contributed by atoms with Crippen LogP contribution in [0.25, 0.3) is 0 Å². The monoisotopic (exact) mass is 274 g/mol. The van der Waals surface area contributed by atoms with E-state index in [0.29, 0.717) is 5.56 Å². The Kier molecular flexibility index (Phi) is 3.57. The average Bonchev–Trinajstić information content (AvgIpc) is 2.43. The molecule has 0 amide bonds. The number of nitrogens with zero attached hydrogens (tertiary/aromatic N) is 1. The molecule has 0 saturated heterocycles. The smallest absolute Gasteiger partial charge is 0.199 e. The molecule has 0 saturated carbocycles. The molecule has 20 heavy (non-hydrogen) atoms. The quantitative estimate of drug-likeness (QED) is 0.847. The third-order valence-corrected chi connectivity index (χ3v) is 3.01. The van der Waals surface area contributed by atoms with E-state index in [9.17, 15) is 8.78 Å². The Bertz CT molecular complexity index is 721. The van der Waals surface area contributed by atoms with Gasteiger partial charge in [0.05, 0.1) is 11.6 Å². The highest BCUT2D eigenvalue weighted by atomic mass is 19.1. The summed E-state index contributed by atoms with van der Waals surface area (Å²) in [6, 6.07) is 7.61. The first-order valence-electron chi connectivity index (χ1n) is 5.86. The summed E-state index contributed by atoms with van der Waals surface area (Å²) in [5.74, 6) is -2.06. The van der Waals surface area contributed by atoms with E-state index in [0.717, 1.165) is 11.6 Å². The van der Waals surface area contributed by atoms with E-state index in [4.69, 9.17) is 15.7 Å². The van der Waals surface area contributed by atoms with Gasteiger partial charge >= 0.3 is 0 Å². The molecule has 0 aromatic heterocycles. The van der Waals surface area contributed by atoms with Gasteiger partial charge in [0.1, 0.15) is 5.75 Å². The van der Waals surface area contributed by atoms with Crippen LogP contribution in [0, 0.1) is 36.8 Å². The molecule has 0 unspecified atom stereocenters. The summed E-state index contributed by atoms with van der Waals surface area (Å²) in [4.78, 5) is 0. The van der Waals surface area contributed by atoms with Crippen LogP contribution in [0.2, 0.25) is 0 Å². The zero-order valence-corrected chi connectivity index (χ0v) is 11.0.